The summed E-state index contributed by atoms with van der Waals surface area (Å²) in [6.45, 7) is 8.95. The van der Waals surface area contributed by atoms with Gasteiger partial charge in [0.2, 0.25) is 0 Å². The minimum Gasteiger partial charge on any atom is -0.469 e. The molecule has 0 spiro atoms. The van der Waals surface area contributed by atoms with Crippen LogP contribution in [0.2, 0.25) is 0 Å². The number of hydrogen-bond acceptors (Lipinski definition) is 4. The van der Waals surface area contributed by atoms with Gasteiger partial charge in [0.25, 0.3) is 0 Å². The topological polar surface area (TPSA) is 62.7 Å². The van der Waals surface area contributed by atoms with Gasteiger partial charge in [-0.25, -0.2) is 0 Å². The van der Waals surface area contributed by atoms with E-state index in [1.807, 2.05) is 11.8 Å². The summed E-state index contributed by atoms with van der Waals surface area (Å²) in [5, 5.41) is 6.59. The number of halogens is 1. The molecule has 132 valence electrons. The number of guanidine groups is 1. The third-order valence-electron chi connectivity index (χ3n) is 3.09. The second kappa shape index (κ2) is 14.4. The molecule has 0 amide bonds. The molecular weight excluding hydrogens is 413 g/mol. The number of rotatable bonds is 10. The maximum atomic E-state index is 11.0. The molecular formula is C15H32IN3O2S. The van der Waals surface area contributed by atoms with Crippen molar-refractivity contribution in [1.82, 2.24) is 10.6 Å². The van der Waals surface area contributed by atoms with E-state index >= 15 is 0 Å². The van der Waals surface area contributed by atoms with Crippen molar-refractivity contribution in [3.63, 3.8) is 0 Å². The van der Waals surface area contributed by atoms with E-state index in [1.165, 1.54) is 7.11 Å². The van der Waals surface area contributed by atoms with Crippen LogP contribution in [-0.4, -0.2) is 49.7 Å². The van der Waals surface area contributed by atoms with Gasteiger partial charge in [-0.15, -0.1) is 24.0 Å². The molecule has 0 atom stereocenters. The van der Waals surface area contributed by atoms with Crippen LogP contribution in [0.3, 0.4) is 0 Å². The van der Waals surface area contributed by atoms with Crippen molar-refractivity contribution in [2.45, 2.75) is 51.2 Å². The molecule has 0 rings (SSSR count). The first-order valence-corrected chi connectivity index (χ1v) is 8.81. The van der Waals surface area contributed by atoms with Crippen LogP contribution in [-0.2, 0) is 9.53 Å². The van der Waals surface area contributed by atoms with E-state index in [0.717, 1.165) is 44.9 Å². The van der Waals surface area contributed by atoms with Gasteiger partial charge in [0.1, 0.15) is 0 Å². The van der Waals surface area contributed by atoms with Crippen LogP contribution in [0.25, 0.3) is 0 Å². The predicted molar refractivity (Wildman–Crippen MR) is 107 cm³/mol. The highest BCUT2D eigenvalue weighted by Gasteiger charge is 2.15. The molecule has 0 unspecified atom stereocenters. The zero-order chi connectivity index (χ0) is 16.1. The van der Waals surface area contributed by atoms with Crippen LogP contribution in [0, 0.1) is 0 Å². The molecule has 0 aromatic carbocycles. The summed E-state index contributed by atoms with van der Waals surface area (Å²) in [5.41, 5.74) is 0. The summed E-state index contributed by atoms with van der Waals surface area (Å²) in [5.74, 6) is 0.741. The van der Waals surface area contributed by atoms with Crippen molar-refractivity contribution < 1.29 is 9.53 Å². The molecule has 0 aliphatic carbocycles. The number of aliphatic imine (C=N–C) groups is 1. The van der Waals surface area contributed by atoms with Crippen LogP contribution < -0.4 is 10.6 Å². The maximum absolute atomic E-state index is 11.0. The summed E-state index contributed by atoms with van der Waals surface area (Å²) in [6, 6.07) is 0. The molecule has 0 heterocycles. The minimum atomic E-state index is -0.128. The molecule has 0 aromatic heterocycles. The second-order valence-electron chi connectivity index (χ2n) is 5.47. The third-order valence-corrected chi connectivity index (χ3v) is 4.33. The van der Waals surface area contributed by atoms with Crippen molar-refractivity contribution in [1.29, 1.82) is 0 Å². The Kier molecular flexibility index (Phi) is 15.8. The lowest BCUT2D eigenvalue weighted by atomic mass is 10.2. The molecule has 0 saturated heterocycles. The number of methoxy groups -OCH3 is 1. The first-order valence-electron chi connectivity index (χ1n) is 7.59. The molecule has 0 aliphatic rings. The number of unbranched alkanes of at least 4 members (excludes halogenated alkanes) is 2. The molecule has 5 nitrogen and oxygen atoms in total. The Morgan fingerprint density at radius 1 is 1.23 bits per heavy atom. The van der Waals surface area contributed by atoms with Crippen LogP contribution in [0.1, 0.15) is 46.5 Å². The largest absolute Gasteiger partial charge is 0.469 e. The predicted octanol–water partition coefficient (Wildman–Crippen LogP) is 3.03. The fourth-order valence-electron chi connectivity index (χ4n) is 1.56. The quantitative estimate of drug-likeness (QED) is 0.178. The SMILES string of the molecule is CCNC(=NCC(C)(C)SC)NCCCCCC(=O)OC.I. The molecule has 2 N–H and O–H groups in total. The van der Waals surface area contributed by atoms with Crippen molar-refractivity contribution in [2.24, 2.45) is 4.99 Å². The number of carbonyl (C=O) groups excluding carboxylic acids is 1. The number of esters is 1. The van der Waals surface area contributed by atoms with Crippen LogP contribution in [0.4, 0.5) is 0 Å². The van der Waals surface area contributed by atoms with E-state index in [-0.39, 0.29) is 34.7 Å². The Bertz CT molecular complexity index is 326. The Morgan fingerprint density at radius 3 is 2.45 bits per heavy atom. The van der Waals surface area contributed by atoms with Crippen molar-refractivity contribution in [3.8, 4) is 0 Å². The number of ether oxygens (including phenoxy) is 1. The normalized spacial score (nSPS) is 11.6. The molecule has 0 saturated carbocycles. The van der Waals surface area contributed by atoms with Gasteiger partial charge in [-0.1, -0.05) is 6.42 Å². The lowest BCUT2D eigenvalue weighted by Gasteiger charge is -2.20. The Balaban J connectivity index is 0. The summed E-state index contributed by atoms with van der Waals surface area (Å²) in [6.07, 6.45) is 5.52. The molecule has 0 fully saturated rings. The highest BCUT2D eigenvalue weighted by molar-refractivity contribution is 14.0. The zero-order valence-electron chi connectivity index (χ0n) is 14.5. The Hall–Kier alpha value is -0.180. The standard InChI is InChI=1S/C15H31N3O2S.HI/c1-6-16-14(18-12-15(2,3)21-5)17-11-9-7-8-10-13(19)20-4;/h6-12H2,1-5H3,(H2,16,17,18);1H. The van der Waals surface area contributed by atoms with E-state index in [1.54, 1.807) is 0 Å². The second-order valence-corrected chi connectivity index (χ2v) is 6.99. The number of thioether (sulfide) groups is 1. The van der Waals surface area contributed by atoms with Crippen LogP contribution in [0.5, 0.6) is 0 Å². The summed E-state index contributed by atoms with van der Waals surface area (Å²) in [7, 11) is 1.43. The third kappa shape index (κ3) is 13.5. The summed E-state index contributed by atoms with van der Waals surface area (Å²) < 4.78 is 4.77. The molecule has 0 aromatic rings. The highest BCUT2D eigenvalue weighted by atomic mass is 127. The average Bonchev–Trinajstić information content (AvgIpc) is 2.47. The minimum absolute atomic E-state index is 0. The Morgan fingerprint density at radius 2 is 1.91 bits per heavy atom. The molecule has 22 heavy (non-hydrogen) atoms. The number of nitrogens with one attached hydrogen (secondary N) is 2. The molecule has 0 aliphatic heterocycles. The molecule has 0 radical (unpaired) electrons. The monoisotopic (exact) mass is 445 g/mol. The molecule has 0 bridgehead atoms. The van der Waals surface area contributed by atoms with Gasteiger partial charge in [-0.2, -0.15) is 11.8 Å². The van der Waals surface area contributed by atoms with E-state index in [9.17, 15) is 4.79 Å². The van der Waals surface area contributed by atoms with Crippen molar-refractivity contribution in [3.05, 3.63) is 0 Å². The first-order chi connectivity index (χ1) is 9.95. The van der Waals surface area contributed by atoms with Crippen molar-refractivity contribution in [2.75, 3.05) is 33.0 Å². The van der Waals surface area contributed by atoms with Crippen LogP contribution >= 0.6 is 35.7 Å². The Labute approximate surface area is 156 Å². The zero-order valence-corrected chi connectivity index (χ0v) is 17.7. The van der Waals surface area contributed by atoms with Gasteiger partial charge in [0, 0.05) is 24.3 Å². The van der Waals surface area contributed by atoms with Gasteiger partial charge in [-0.3, -0.25) is 9.79 Å². The fraction of sp³-hybridized carbons (Fsp3) is 0.867. The lowest BCUT2D eigenvalue weighted by Crippen LogP contribution is -2.38. The fourth-order valence-corrected chi connectivity index (χ4v) is 1.75. The van der Waals surface area contributed by atoms with Gasteiger partial charge < -0.3 is 15.4 Å². The van der Waals surface area contributed by atoms with Gasteiger partial charge >= 0.3 is 5.97 Å². The van der Waals surface area contributed by atoms with E-state index in [0.29, 0.717) is 6.42 Å². The van der Waals surface area contributed by atoms with Gasteiger partial charge in [0.05, 0.1) is 13.7 Å². The number of carbonyl (C=O) groups is 1. The summed E-state index contributed by atoms with van der Waals surface area (Å²) >= 11 is 1.82. The molecule has 7 heteroatoms. The van der Waals surface area contributed by atoms with E-state index < -0.39 is 0 Å². The first kappa shape index (κ1) is 24.1. The number of nitrogens with zero attached hydrogens (tertiary/aromatic N) is 1. The van der Waals surface area contributed by atoms with E-state index in [2.05, 4.69) is 47.4 Å². The van der Waals surface area contributed by atoms with Crippen LogP contribution in [0.15, 0.2) is 4.99 Å². The van der Waals surface area contributed by atoms with E-state index in [4.69, 9.17) is 0 Å². The van der Waals surface area contributed by atoms with Crippen molar-refractivity contribution >= 4 is 47.7 Å². The number of hydrogen-bond donors (Lipinski definition) is 2. The summed E-state index contributed by atoms with van der Waals surface area (Å²) in [4.78, 5) is 15.6. The van der Waals surface area contributed by atoms with Gasteiger partial charge in [-0.05, 0) is 39.9 Å². The highest BCUT2D eigenvalue weighted by Crippen LogP contribution is 2.20. The maximum Gasteiger partial charge on any atom is 0.305 e. The average molecular weight is 445 g/mol. The smallest absolute Gasteiger partial charge is 0.305 e. The van der Waals surface area contributed by atoms with Gasteiger partial charge in [0.15, 0.2) is 5.96 Å². The lowest BCUT2D eigenvalue weighted by molar-refractivity contribution is -0.140.